The molecule has 7 nitrogen and oxygen atoms in total. The summed E-state index contributed by atoms with van der Waals surface area (Å²) in [4.78, 5) is 24.3. The summed E-state index contributed by atoms with van der Waals surface area (Å²) in [6.07, 6.45) is 1.42. The average Bonchev–Trinajstić information content (AvgIpc) is 2.82. The number of hydrazone groups is 1. The van der Waals surface area contributed by atoms with Crippen molar-refractivity contribution in [2.45, 2.75) is 13.8 Å². The average molecular weight is 485 g/mol. The van der Waals surface area contributed by atoms with Crippen LogP contribution in [-0.2, 0) is 4.79 Å². The molecule has 0 saturated heterocycles. The Morgan fingerprint density at radius 1 is 1.03 bits per heavy atom. The highest BCUT2D eigenvalue weighted by Gasteiger charge is 2.13. The molecular weight excluding hydrogens is 463 g/mol. The maximum absolute atomic E-state index is 13.1. The Bertz CT molecular complexity index is 1200. The minimum absolute atomic E-state index is 0.198. The van der Waals surface area contributed by atoms with Gasteiger partial charge in [-0.25, -0.2) is 14.6 Å². The fourth-order valence-corrected chi connectivity index (χ4v) is 2.89. The molecule has 0 spiro atoms. The number of amides is 1. The Morgan fingerprint density at radius 3 is 2.50 bits per heavy atom. The fourth-order valence-electron chi connectivity index (χ4n) is 2.77. The zero-order valence-electron chi connectivity index (χ0n) is 18.5. The number of rotatable bonds is 9. The van der Waals surface area contributed by atoms with Gasteiger partial charge in [0.1, 0.15) is 11.6 Å². The summed E-state index contributed by atoms with van der Waals surface area (Å²) in [6.45, 7) is 3.74. The van der Waals surface area contributed by atoms with Crippen LogP contribution >= 0.6 is 11.6 Å². The van der Waals surface area contributed by atoms with Gasteiger partial charge in [0, 0.05) is 5.02 Å². The van der Waals surface area contributed by atoms with Crippen molar-refractivity contribution in [1.82, 2.24) is 5.43 Å². The van der Waals surface area contributed by atoms with Crippen molar-refractivity contribution in [3.05, 3.63) is 88.2 Å². The molecule has 0 saturated carbocycles. The van der Waals surface area contributed by atoms with E-state index in [2.05, 4.69) is 10.5 Å². The van der Waals surface area contributed by atoms with Crippen molar-refractivity contribution in [2.24, 2.45) is 5.10 Å². The van der Waals surface area contributed by atoms with Gasteiger partial charge in [-0.3, -0.25) is 4.79 Å². The number of aryl methyl sites for hydroxylation is 1. The molecule has 0 atom stereocenters. The Morgan fingerprint density at radius 2 is 1.79 bits per heavy atom. The first kappa shape index (κ1) is 24.7. The summed E-state index contributed by atoms with van der Waals surface area (Å²) in [5.74, 6) is -0.509. The topological polar surface area (TPSA) is 86.2 Å². The van der Waals surface area contributed by atoms with Crippen LogP contribution in [-0.4, -0.2) is 31.3 Å². The zero-order valence-corrected chi connectivity index (χ0v) is 19.3. The van der Waals surface area contributed by atoms with Crippen LogP contribution in [0.1, 0.15) is 28.4 Å². The number of nitrogens with one attached hydrogen (secondary N) is 1. The van der Waals surface area contributed by atoms with Crippen molar-refractivity contribution in [3.63, 3.8) is 0 Å². The lowest BCUT2D eigenvalue weighted by Gasteiger charge is -2.11. The number of ether oxygens (including phenoxy) is 3. The van der Waals surface area contributed by atoms with E-state index in [-0.39, 0.29) is 17.9 Å². The predicted octanol–water partition coefficient (Wildman–Crippen LogP) is 4.93. The molecule has 0 fully saturated rings. The molecule has 0 unspecified atom stereocenters. The van der Waals surface area contributed by atoms with Crippen LogP contribution in [0.5, 0.6) is 17.2 Å². The van der Waals surface area contributed by atoms with Gasteiger partial charge in [-0.1, -0.05) is 11.6 Å². The number of hydrogen-bond acceptors (Lipinski definition) is 6. The third-order valence-electron chi connectivity index (χ3n) is 4.45. The molecule has 176 valence electrons. The van der Waals surface area contributed by atoms with E-state index in [4.69, 9.17) is 25.8 Å². The number of benzene rings is 3. The molecule has 9 heteroatoms. The summed E-state index contributed by atoms with van der Waals surface area (Å²) in [7, 11) is 0. The van der Waals surface area contributed by atoms with E-state index in [0.29, 0.717) is 28.7 Å². The Labute approximate surface area is 201 Å². The van der Waals surface area contributed by atoms with Gasteiger partial charge in [-0.05, 0) is 85.6 Å². The second-order valence-electron chi connectivity index (χ2n) is 7.03. The van der Waals surface area contributed by atoms with Gasteiger partial charge in [-0.2, -0.15) is 5.10 Å². The fraction of sp³-hybridized carbons (Fsp3) is 0.160. The molecule has 0 aliphatic rings. The van der Waals surface area contributed by atoms with E-state index >= 15 is 0 Å². The van der Waals surface area contributed by atoms with Gasteiger partial charge in [0.25, 0.3) is 5.91 Å². The highest BCUT2D eigenvalue weighted by atomic mass is 35.5. The van der Waals surface area contributed by atoms with Gasteiger partial charge in [0.15, 0.2) is 18.1 Å². The molecule has 0 radical (unpaired) electrons. The number of nitrogens with zero attached hydrogens (tertiary/aromatic N) is 1. The van der Waals surface area contributed by atoms with Crippen molar-refractivity contribution in [1.29, 1.82) is 0 Å². The first-order valence-electron chi connectivity index (χ1n) is 10.3. The van der Waals surface area contributed by atoms with Crippen LogP contribution in [0, 0.1) is 12.7 Å². The van der Waals surface area contributed by atoms with Crippen LogP contribution in [0.4, 0.5) is 4.39 Å². The number of carbonyl (C=O) groups is 2. The molecule has 1 N–H and O–H groups in total. The number of hydrogen-bond donors (Lipinski definition) is 1. The molecule has 0 aliphatic heterocycles. The normalized spacial score (nSPS) is 10.7. The molecule has 1 amide bonds. The maximum atomic E-state index is 13.1. The van der Waals surface area contributed by atoms with Crippen molar-refractivity contribution < 1.29 is 28.2 Å². The lowest BCUT2D eigenvalue weighted by atomic mass is 10.2. The Hall–Kier alpha value is -3.91. The molecular formula is C25H22ClFN2O5. The quantitative estimate of drug-likeness (QED) is 0.201. The van der Waals surface area contributed by atoms with E-state index in [1.54, 1.807) is 43.3 Å². The summed E-state index contributed by atoms with van der Waals surface area (Å²) in [5.41, 5.74) is 4.02. The van der Waals surface area contributed by atoms with Crippen LogP contribution < -0.4 is 19.6 Å². The van der Waals surface area contributed by atoms with Gasteiger partial charge in [0.05, 0.1) is 18.4 Å². The Kier molecular flexibility index (Phi) is 8.59. The van der Waals surface area contributed by atoms with E-state index in [9.17, 15) is 14.0 Å². The summed E-state index contributed by atoms with van der Waals surface area (Å²) in [6, 6.07) is 14.9. The Balaban J connectivity index is 1.59. The number of halogens is 2. The zero-order chi connectivity index (χ0) is 24.5. The standard InChI is InChI=1S/C25H22ClFN2O5/c1-3-32-23-13-17(4-11-22(23)34-25(31)18-5-7-19(27)8-6-18)14-28-29-24(30)15-33-20-9-10-21(26)16(2)12-20/h4-14H,3,15H2,1-2H3,(H,29,30). The number of carbonyl (C=O) groups excluding carboxylic acids is 2. The minimum Gasteiger partial charge on any atom is -0.490 e. The van der Waals surface area contributed by atoms with Crippen LogP contribution in [0.2, 0.25) is 5.02 Å². The predicted molar refractivity (Wildman–Crippen MR) is 126 cm³/mol. The lowest BCUT2D eigenvalue weighted by molar-refractivity contribution is -0.123. The molecule has 0 aliphatic carbocycles. The van der Waals surface area contributed by atoms with Crippen LogP contribution in [0.3, 0.4) is 0 Å². The van der Waals surface area contributed by atoms with Gasteiger partial charge in [-0.15, -0.1) is 0 Å². The second-order valence-corrected chi connectivity index (χ2v) is 7.44. The molecule has 34 heavy (non-hydrogen) atoms. The van der Waals surface area contributed by atoms with Crippen LogP contribution in [0.25, 0.3) is 0 Å². The molecule has 3 aromatic carbocycles. The number of esters is 1. The van der Waals surface area contributed by atoms with Gasteiger partial charge < -0.3 is 14.2 Å². The third kappa shape index (κ3) is 7.05. The summed E-state index contributed by atoms with van der Waals surface area (Å²) in [5, 5.41) is 4.52. The molecule has 3 aromatic rings. The molecule has 0 aromatic heterocycles. The highest BCUT2D eigenvalue weighted by molar-refractivity contribution is 6.31. The maximum Gasteiger partial charge on any atom is 0.343 e. The monoisotopic (exact) mass is 484 g/mol. The van der Waals surface area contributed by atoms with Crippen molar-refractivity contribution >= 4 is 29.7 Å². The largest absolute Gasteiger partial charge is 0.490 e. The van der Waals surface area contributed by atoms with Gasteiger partial charge >= 0.3 is 5.97 Å². The SMILES string of the molecule is CCOc1cc(C=NNC(=O)COc2ccc(Cl)c(C)c2)ccc1OC(=O)c1ccc(F)cc1. The van der Waals surface area contributed by atoms with Crippen LogP contribution in [0.15, 0.2) is 65.8 Å². The van der Waals surface area contributed by atoms with Gasteiger partial charge in [0.2, 0.25) is 0 Å². The molecule has 3 rings (SSSR count). The van der Waals surface area contributed by atoms with E-state index < -0.39 is 17.7 Å². The first-order valence-corrected chi connectivity index (χ1v) is 10.7. The first-order chi connectivity index (χ1) is 16.4. The summed E-state index contributed by atoms with van der Waals surface area (Å²) >= 11 is 5.97. The molecule has 0 heterocycles. The highest BCUT2D eigenvalue weighted by Crippen LogP contribution is 2.29. The third-order valence-corrected chi connectivity index (χ3v) is 4.88. The summed E-state index contributed by atoms with van der Waals surface area (Å²) < 4.78 is 29.4. The van der Waals surface area contributed by atoms with E-state index in [0.717, 1.165) is 5.56 Å². The second kappa shape index (κ2) is 11.8. The van der Waals surface area contributed by atoms with E-state index in [1.807, 2.05) is 6.92 Å². The van der Waals surface area contributed by atoms with Crippen molar-refractivity contribution in [3.8, 4) is 17.2 Å². The lowest BCUT2D eigenvalue weighted by Crippen LogP contribution is -2.24. The smallest absolute Gasteiger partial charge is 0.343 e. The molecule has 0 bridgehead atoms. The minimum atomic E-state index is -0.648. The van der Waals surface area contributed by atoms with E-state index in [1.165, 1.54) is 30.5 Å². The van der Waals surface area contributed by atoms with Crippen molar-refractivity contribution in [2.75, 3.05) is 13.2 Å².